The Morgan fingerprint density at radius 3 is 1.95 bits per heavy atom. The second-order valence-corrected chi connectivity index (χ2v) is 5.38. The van der Waals surface area contributed by atoms with E-state index in [2.05, 4.69) is 29.4 Å². The molecule has 1 aromatic rings. The van der Waals surface area contributed by atoms with Gasteiger partial charge in [-0.2, -0.15) is 0 Å². The topological polar surface area (TPSA) is 52.8 Å². The largest absolute Gasteiger partial charge is 0.411 e. The quantitative estimate of drug-likeness (QED) is 0.556. The number of aliphatic hydroxyl groups is 1. The summed E-state index contributed by atoms with van der Waals surface area (Å²) in [5, 5.41) is 22.2. The molecular weight excluding hydrogens is 238 g/mol. The average Bonchev–Trinajstić information content (AvgIpc) is 2.44. The van der Waals surface area contributed by atoms with Crippen LogP contribution in [0.3, 0.4) is 0 Å². The predicted octanol–water partition coefficient (Wildman–Crippen LogP) is 3.32. The zero-order valence-electron chi connectivity index (χ0n) is 11.4. The monoisotopic (exact) mass is 261 g/mol. The van der Waals surface area contributed by atoms with Gasteiger partial charge in [0.05, 0.1) is 11.8 Å². The molecule has 0 unspecified atom stereocenters. The van der Waals surface area contributed by atoms with Crippen molar-refractivity contribution in [2.45, 2.75) is 57.5 Å². The smallest absolute Gasteiger partial charge is 0.0954 e. The van der Waals surface area contributed by atoms with E-state index in [4.69, 9.17) is 5.21 Å². The molecule has 0 fully saturated rings. The molecule has 104 valence electrons. The van der Waals surface area contributed by atoms with Crippen molar-refractivity contribution < 1.29 is 10.3 Å². The van der Waals surface area contributed by atoms with Crippen molar-refractivity contribution in [3.05, 3.63) is 35.4 Å². The summed E-state index contributed by atoms with van der Waals surface area (Å²) in [7, 11) is 0. The molecule has 2 bridgehead atoms. The lowest BCUT2D eigenvalue weighted by molar-refractivity contribution is 0.213. The maximum absolute atomic E-state index is 9.98. The van der Waals surface area contributed by atoms with Crippen molar-refractivity contribution in [3.63, 3.8) is 0 Å². The van der Waals surface area contributed by atoms with Gasteiger partial charge in [-0.1, -0.05) is 35.8 Å². The average molecular weight is 261 g/mol. The van der Waals surface area contributed by atoms with Gasteiger partial charge in [0.2, 0.25) is 0 Å². The standard InChI is InChI=1S/C16H23NO2/c18-16-8-4-2-6-14-11-9-13(10-12-14)5-1-3-7-15(16)17-19/h9-12,16,18-19H,1-8H2/b17-15+/t16-/m0/s1. The first-order valence-electron chi connectivity index (χ1n) is 7.26. The number of benzene rings is 1. The third-order valence-corrected chi connectivity index (χ3v) is 3.88. The van der Waals surface area contributed by atoms with Crippen molar-refractivity contribution in [2.75, 3.05) is 0 Å². The minimum absolute atomic E-state index is 0.547. The Morgan fingerprint density at radius 1 is 0.842 bits per heavy atom. The minimum atomic E-state index is -0.575. The fourth-order valence-corrected chi connectivity index (χ4v) is 2.62. The van der Waals surface area contributed by atoms with Crippen LogP contribution in [0.1, 0.15) is 49.7 Å². The summed E-state index contributed by atoms with van der Waals surface area (Å²) in [4.78, 5) is 0. The van der Waals surface area contributed by atoms with E-state index in [0.29, 0.717) is 18.6 Å². The zero-order chi connectivity index (χ0) is 13.5. The number of aryl methyl sites for hydroxylation is 2. The molecule has 2 N–H and O–H groups in total. The molecule has 1 atom stereocenters. The Kier molecular flexibility index (Phi) is 5.40. The first-order valence-corrected chi connectivity index (χ1v) is 7.26. The molecule has 0 radical (unpaired) electrons. The number of hydrogen-bond donors (Lipinski definition) is 2. The van der Waals surface area contributed by atoms with E-state index < -0.39 is 6.10 Å². The van der Waals surface area contributed by atoms with E-state index in [1.807, 2.05) is 0 Å². The number of rotatable bonds is 0. The number of aliphatic hydroxyl groups excluding tert-OH is 1. The first kappa shape index (κ1) is 14.1. The molecule has 0 aliphatic heterocycles. The Labute approximate surface area is 115 Å². The molecule has 3 nitrogen and oxygen atoms in total. The van der Waals surface area contributed by atoms with Gasteiger partial charge in [-0.15, -0.1) is 0 Å². The van der Waals surface area contributed by atoms with Gasteiger partial charge in [-0.25, -0.2) is 0 Å². The van der Waals surface area contributed by atoms with Gasteiger partial charge in [0.15, 0.2) is 0 Å². The van der Waals surface area contributed by atoms with Crippen LogP contribution in [0, 0.1) is 0 Å². The van der Waals surface area contributed by atoms with E-state index in [0.717, 1.165) is 38.5 Å². The fraction of sp³-hybridized carbons (Fsp3) is 0.562. The molecule has 0 saturated heterocycles. The zero-order valence-corrected chi connectivity index (χ0v) is 11.4. The lowest BCUT2D eigenvalue weighted by Gasteiger charge is -2.13. The van der Waals surface area contributed by atoms with Crippen LogP contribution in [0.5, 0.6) is 0 Å². The number of nitrogens with zero attached hydrogens (tertiary/aromatic N) is 1. The van der Waals surface area contributed by atoms with E-state index >= 15 is 0 Å². The van der Waals surface area contributed by atoms with Crippen molar-refractivity contribution in [2.24, 2.45) is 5.16 Å². The van der Waals surface area contributed by atoms with Crippen LogP contribution in [-0.2, 0) is 12.8 Å². The Balaban J connectivity index is 2.02. The molecule has 0 aromatic heterocycles. The highest BCUT2D eigenvalue weighted by Gasteiger charge is 2.13. The highest BCUT2D eigenvalue weighted by Crippen LogP contribution is 2.15. The minimum Gasteiger partial charge on any atom is -0.411 e. The lowest BCUT2D eigenvalue weighted by Crippen LogP contribution is -2.20. The summed E-state index contributed by atoms with van der Waals surface area (Å²) in [5.41, 5.74) is 3.28. The molecular formula is C16H23NO2. The summed E-state index contributed by atoms with van der Waals surface area (Å²) < 4.78 is 0. The summed E-state index contributed by atoms with van der Waals surface area (Å²) >= 11 is 0. The van der Waals surface area contributed by atoms with Crippen molar-refractivity contribution in [1.29, 1.82) is 0 Å². The van der Waals surface area contributed by atoms with Crippen LogP contribution in [0.25, 0.3) is 0 Å². The Morgan fingerprint density at radius 2 is 1.37 bits per heavy atom. The molecule has 1 aromatic carbocycles. The van der Waals surface area contributed by atoms with E-state index in [9.17, 15) is 5.11 Å². The van der Waals surface area contributed by atoms with Crippen LogP contribution in [-0.4, -0.2) is 22.1 Å². The summed E-state index contributed by atoms with van der Waals surface area (Å²) in [5.74, 6) is 0. The molecule has 0 heterocycles. The summed E-state index contributed by atoms with van der Waals surface area (Å²) in [6.45, 7) is 0. The van der Waals surface area contributed by atoms with Crippen molar-refractivity contribution in [1.82, 2.24) is 0 Å². The SMILES string of the molecule is O/N=C1\CCCCc2ccc(cc2)CCCC[C@@H]1O. The number of hydrogen-bond acceptors (Lipinski definition) is 3. The predicted molar refractivity (Wildman–Crippen MR) is 76.8 cm³/mol. The van der Waals surface area contributed by atoms with Gasteiger partial charge in [-0.3, -0.25) is 0 Å². The third-order valence-electron chi connectivity index (χ3n) is 3.88. The summed E-state index contributed by atoms with van der Waals surface area (Å²) in [6, 6.07) is 8.88. The van der Waals surface area contributed by atoms with Crippen LogP contribution >= 0.6 is 0 Å². The van der Waals surface area contributed by atoms with E-state index in [1.165, 1.54) is 11.1 Å². The van der Waals surface area contributed by atoms with Crippen molar-refractivity contribution >= 4 is 5.71 Å². The van der Waals surface area contributed by atoms with Gasteiger partial charge >= 0.3 is 0 Å². The molecule has 3 rings (SSSR count). The fourth-order valence-electron chi connectivity index (χ4n) is 2.62. The Hall–Kier alpha value is -1.35. The molecule has 0 amide bonds. The van der Waals surface area contributed by atoms with Gasteiger partial charge < -0.3 is 10.3 Å². The lowest BCUT2D eigenvalue weighted by atomic mass is 9.97. The second kappa shape index (κ2) is 7.29. The van der Waals surface area contributed by atoms with Crippen LogP contribution in [0.4, 0.5) is 0 Å². The highest BCUT2D eigenvalue weighted by atomic mass is 16.4. The highest BCUT2D eigenvalue weighted by molar-refractivity contribution is 5.87. The van der Waals surface area contributed by atoms with Crippen molar-refractivity contribution in [3.8, 4) is 0 Å². The number of oxime groups is 1. The van der Waals surface area contributed by atoms with Gasteiger partial charge in [0, 0.05) is 0 Å². The molecule has 2 aliphatic rings. The van der Waals surface area contributed by atoms with Gasteiger partial charge in [-0.05, 0) is 56.1 Å². The van der Waals surface area contributed by atoms with Crippen LogP contribution < -0.4 is 0 Å². The second-order valence-electron chi connectivity index (χ2n) is 5.38. The third kappa shape index (κ3) is 4.35. The molecule has 3 heteroatoms. The van der Waals surface area contributed by atoms with Gasteiger partial charge in [0.1, 0.15) is 0 Å². The van der Waals surface area contributed by atoms with E-state index in [-0.39, 0.29) is 0 Å². The first-order chi connectivity index (χ1) is 9.29. The number of fused-ring (bicyclic) bond motifs is 11. The van der Waals surface area contributed by atoms with Gasteiger partial charge in [0.25, 0.3) is 0 Å². The maximum Gasteiger partial charge on any atom is 0.0954 e. The Bertz CT molecular complexity index is 411. The summed E-state index contributed by atoms with van der Waals surface area (Å²) in [6.07, 6.45) is 6.95. The molecule has 19 heavy (non-hydrogen) atoms. The maximum atomic E-state index is 9.98. The molecule has 0 saturated carbocycles. The van der Waals surface area contributed by atoms with Crippen LogP contribution in [0.15, 0.2) is 29.4 Å². The normalized spacial score (nSPS) is 24.3. The van der Waals surface area contributed by atoms with Crippen LogP contribution in [0.2, 0.25) is 0 Å². The molecule has 2 aliphatic carbocycles. The van der Waals surface area contributed by atoms with E-state index in [1.54, 1.807) is 0 Å². The molecule has 0 spiro atoms.